The van der Waals surface area contributed by atoms with Gasteiger partial charge in [0.2, 0.25) is 0 Å². The van der Waals surface area contributed by atoms with Gasteiger partial charge in [-0.2, -0.15) is 0 Å². The zero-order valence-corrected chi connectivity index (χ0v) is 8.52. The Morgan fingerprint density at radius 1 is 1.57 bits per heavy atom. The highest BCUT2D eigenvalue weighted by Gasteiger charge is 2.18. The first-order chi connectivity index (χ1) is 6.79. The molecule has 1 atom stereocenters. The summed E-state index contributed by atoms with van der Waals surface area (Å²) >= 11 is 0. The van der Waals surface area contributed by atoms with Crippen LogP contribution < -0.4 is 5.73 Å². The minimum absolute atomic E-state index is 0.0559. The first-order valence-electron chi connectivity index (χ1n) is 5.14. The number of hydrogen-bond acceptors (Lipinski definition) is 3. The van der Waals surface area contributed by atoms with Gasteiger partial charge in [0.15, 0.2) is 0 Å². The fourth-order valence-electron chi connectivity index (χ4n) is 1.94. The molecule has 2 rings (SSSR count). The van der Waals surface area contributed by atoms with Crippen molar-refractivity contribution in [2.45, 2.75) is 31.8 Å². The second kappa shape index (κ2) is 4.11. The minimum atomic E-state index is 0.0559. The first kappa shape index (κ1) is 9.68. The number of aromatic nitrogens is 2. The molecule has 0 amide bonds. The topological polar surface area (TPSA) is 53.1 Å². The van der Waals surface area contributed by atoms with Gasteiger partial charge in [0, 0.05) is 31.5 Å². The molecule has 1 aliphatic heterocycles. The largest absolute Gasteiger partial charge is 0.381 e. The summed E-state index contributed by atoms with van der Waals surface area (Å²) in [5.41, 5.74) is 7.00. The van der Waals surface area contributed by atoms with Crippen molar-refractivity contribution in [2.24, 2.45) is 5.73 Å². The average Bonchev–Trinajstić information content (AvgIpc) is 2.67. The van der Waals surface area contributed by atoms with Crippen LogP contribution in [0.2, 0.25) is 0 Å². The molecule has 0 radical (unpaired) electrons. The van der Waals surface area contributed by atoms with Crippen molar-refractivity contribution in [3.05, 3.63) is 18.2 Å². The number of imidazole rings is 1. The molecule has 0 spiro atoms. The normalized spacial score (nSPS) is 21.0. The molecule has 14 heavy (non-hydrogen) atoms. The third-order valence-electron chi connectivity index (χ3n) is 2.75. The van der Waals surface area contributed by atoms with E-state index >= 15 is 0 Å². The molecule has 0 saturated carbocycles. The van der Waals surface area contributed by atoms with Crippen molar-refractivity contribution in [2.75, 3.05) is 13.2 Å². The molecule has 1 aliphatic rings. The van der Waals surface area contributed by atoms with E-state index in [4.69, 9.17) is 10.5 Å². The Hall–Kier alpha value is -0.870. The summed E-state index contributed by atoms with van der Waals surface area (Å²) in [4.78, 5) is 4.16. The van der Waals surface area contributed by atoms with Crippen molar-refractivity contribution >= 4 is 0 Å². The van der Waals surface area contributed by atoms with Gasteiger partial charge in [-0.25, -0.2) is 4.98 Å². The molecule has 1 fully saturated rings. The lowest BCUT2D eigenvalue weighted by Gasteiger charge is -2.25. The Kier molecular flexibility index (Phi) is 2.84. The smallest absolute Gasteiger partial charge is 0.0951 e. The fraction of sp³-hybridized carbons (Fsp3) is 0.700. The summed E-state index contributed by atoms with van der Waals surface area (Å²) in [7, 11) is 0. The van der Waals surface area contributed by atoms with Crippen LogP contribution >= 0.6 is 0 Å². The second-order valence-electron chi connectivity index (χ2n) is 3.86. The number of rotatable bonds is 2. The maximum absolute atomic E-state index is 5.87. The highest BCUT2D eigenvalue weighted by molar-refractivity contribution is 5.05. The van der Waals surface area contributed by atoms with Crippen molar-refractivity contribution in [3.8, 4) is 0 Å². The molecule has 0 aliphatic carbocycles. The van der Waals surface area contributed by atoms with E-state index in [1.807, 2.05) is 19.4 Å². The van der Waals surface area contributed by atoms with E-state index < -0.39 is 0 Å². The molecule has 2 N–H and O–H groups in total. The van der Waals surface area contributed by atoms with E-state index in [0.29, 0.717) is 6.04 Å². The monoisotopic (exact) mass is 195 g/mol. The Labute approximate surface area is 84.1 Å². The van der Waals surface area contributed by atoms with Gasteiger partial charge >= 0.3 is 0 Å². The molecule has 4 heteroatoms. The molecule has 1 saturated heterocycles. The van der Waals surface area contributed by atoms with Crippen LogP contribution in [-0.2, 0) is 4.74 Å². The maximum atomic E-state index is 5.87. The Bertz CT molecular complexity index is 289. The van der Waals surface area contributed by atoms with E-state index in [0.717, 1.165) is 31.7 Å². The number of hydrogen-bond donors (Lipinski definition) is 1. The Morgan fingerprint density at radius 2 is 2.29 bits per heavy atom. The van der Waals surface area contributed by atoms with Crippen LogP contribution in [0.5, 0.6) is 0 Å². The number of nitrogens with zero attached hydrogens (tertiary/aromatic N) is 2. The summed E-state index contributed by atoms with van der Waals surface area (Å²) in [5, 5.41) is 0. The second-order valence-corrected chi connectivity index (χ2v) is 3.86. The highest BCUT2D eigenvalue weighted by Crippen LogP contribution is 2.24. The lowest BCUT2D eigenvalue weighted by Crippen LogP contribution is -2.22. The number of nitrogens with two attached hydrogens (primary N) is 1. The molecular weight excluding hydrogens is 178 g/mol. The third kappa shape index (κ3) is 1.81. The van der Waals surface area contributed by atoms with E-state index in [2.05, 4.69) is 9.55 Å². The minimum Gasteiger partial charge on any atom is -0.381 e. The van der Waals surface area contributed by atoms with Gasteiger partial charge in [0.25, 0.3) is 0 Å². The molecule has 4 nitrogen and oxygen atoms in total. The van der Waals surface area contributed by atoms with Gasteiger partial charge in [0.1, 0.15) is 0 Å². The van der Waals surface area contributed by atoms with Gasteiger partial charge in [-0.3, -0.25) is 0 Å². The lowest BCUT2D eigenvalue weighted by atomic mass is 10.1. The van der Waals surface area contributed by atoms with Crippen LogP contribution in [0, 0.1) is 0 Å². The molecule has 78 valence electrons. The van der Waals surface area contributed by atoms with Gasteiger partial charge in [0.05, 0.1) is 12.0 Å². The van der Waals surface area contributed by atoms with Gasteiger partial charge in [-0.15, -0.1) is 0 Å². The predicted octanol–water partition coefficient (Wildman–Crippen LogP) is 1.25. The summed E-state index contributed by atoms with van der Waals surface area (Å²) < 4.78 is 7.53. The van der Waals surface area contributed by atoms with E-state index in [1.165, 1.54) is 0 Å². The molecule has 0 unspecified atom stereocenters. The van der Waals surface area contributed by atoms with E-state index in [1.54, 1.807) is 0 Å². The van der Waals surface area contributed by atoms with Crippen molar-refractivity contribution < 1.29 is 4.74 Å². The average molecular weight is 195 g/mol. The van der Waals surface area contributed by atoms with Crippen LogP contribution in [0.25, 0.3) is 0 Å². The maximum Gasteiger partial charge on any atom is 0.0951 e. The van der Waals surface area contributed by atoms with Crippen molar-refractivity contribution in [1.82, 2.24) is 9.55 Å². The predicted molar refractivity (Wildman–Crippen MR) is 53.9 cm³/mol. The number of ether oxygens (including phenoxy) is 1. The molecule has 1 aromatic heterocycles. The molecule has 0 aromatic carbocycles. The Balaban J connectivity index is 2.17. The van der Waals surface area contributed by atoms with Crippen LogP contribution in [-0.4, -0.2) is 22.8 Å². The summed E-state index contributed by atoms with van der Waals surface area (Å²) in [5.74, 6) is 0. The zero-order chi connectivity index (χ0) is 9.97. The zero-order valence-electron chi connectivity index (χ0n) is 8.52. The Morgan fingerprint density at radius 3 is 2.93 bits per heavy atom. The van der Waals surface area contributed by atoms with Crippen LogP contribution in [0.4, 0.5) is 0 Å². The molecular formula is C10H17N3O. The SMILES string of the molecule is C[C@H](N)c1cncn1C1CCOCC1. The van der Waals surface area contributed by atoms with Crippen molar-refractivity contribution in [1.29, 1.82) is 0 Å². The lowest BCUT2D eigenvalue weighted by molar-refractivity contribution is 0.0686. The molecule has 0 bridgehead atoms. The van der Waals surface area contributed by atoms with Crippen LogP contribution in [0.1, 0.15) is 37.5 Å². The van der Waals surface area contributed by atoms with Gasteiger partial charge in [-0.05, 0) is 19.8 Å². The standard InChI is InChI=1S/C10H17N3O/c1-8(11)10-6-12-7-13(10)9-2-4-14-5-3-9/h6-9H,2-5,11H2,1H3/t8-/m0/s1. The summed E-state index contributed by atoms with van der Waals surface area (Å²) in [6, 6.07) is 0.576. The summed E-state index contributed by atoms with van der Waals surface area (Å²) in [6.45, 7) is 3.69. The fourth-order valence-corrected chi connectivity index (χ4v) is 1.94. The van der Waals surface area contributed by atoms with Crippen molar-refractivity contribution in [3.63, 3.8) is 0 Å². The molecule has 1 aromatic rings. The summed E-state index contributed by atoms with van der Waals surface area (Å²) in [6.07, 6.45) is 5.88. The first-order valence-corrected chi connectivity index (χ1v) is 5.14. The van der Waals surface area contributed by atoms with Gasteiger partial charge < -0.3 is 15.0 Å². The van der Waals surface area contributed by atoms with Gasteiger partial charge in [-0.1, -0.05) is 0 Å². The highest BCUT2D eigenvalue weighted by atomic mass is 16.5. The quantitative estimate of drug-likeness (QED) is 0.772. The van der Waals surface area contributed by atoms with Crippen LogP contribution in [0.3, 0.4) is 0 Å². The third-order valence-corrected chi connectivity index (χ3v) is 2.75. The van der Waals surface area contributed by atoms with Crippen LogP contribution in [0.15, 0.2) is 12.5 Å². The molecule has 2 heterocycles. The van der Waals surface area contributed by atoms with E-state index in [9.17, 15) is 0 Å². The van der Waals surface area contributed by atoms with E-state index in [-0.39, 0.29) is 6.04 Å².